The Kier molecular flexibility index (Phi) is 5.55. The number of carbonyl (C=O) groups is 2. The lowest BCUT2D eigenvalue weighted by Crippen LogP contribution is -2.42. The van der Waals surface area contributed by atoms with E-state index in [1.807, 2.05) is 45.0 Å². The lowest BCUT2D eigenvalue weighted by atomic mass is 10.2. The van der Waals surface area contributed by atoms with Crippen molar-refractivity contribution >= 4 is 17.5 Å². The fourth-order valence-corrected chi connectivity index (χ4v) is 1.99. The van der Waals surface area contributed by atoms with E-state index in [9.17, 15) is 9.59 Å². The lowest BCUT2D eigenvalue weighted by molar-refractivity contribution is -0.130. The van der Waals surface area contributed by atoms with Crippen LogP contribution >= 0.6 is 0 Å². The standard InChI is InChI=1S/C15H22N2O2/c1-5-16(6-2)15(19)11-17(13(4)18)14-9-7-8-12(3)10-14/h7-10H,5-6,11H2,1-4H3. The topological polar surface area (TPSA) is 40.6 Å². The molecule has 1 rings (SSSR count). The van der Waals surface area contributed by atoms with Crippen molar-refractivity contribution < 1.29 is 9.59 Å². The van der Waals surface area contributed by atoms with E-state index in [1.54, 1.807) is 4.90 Å². The maximum absolute atomic E-state index is 12.1. The summed E-state index contributed by atoms with van der Waals surface area (Å²) in [7, 11) is 0. The summed E-state index contributed by atoms with van der Waals surface area (Å²) in [5, 5.41) is 0. The normalized spacial score (nSPS) is 10.1. The highest BCUT2D eigenvalue weighted by molar-refractivity contribution is 5.97. The van der Waals surface area contributed by atoms with Crippen LogP contribution in [0.4, 0.5) is 5.69 Å². The van der Waals surface area contributed by atoms with E-state index in [1.165, 1.54) is 11.8 Å². The second-order valence-corrected chi connectivity index (χ2v) is 4.51. The van der Waals surface area contributed by atoms with Gasteiger partial charge in [0.05, 0.1) is 0 Å². The monoisotopic (exact) mass is 262 g/mol. The number of anilines is 1. The maximum atomic E-state index is 12.1. The molecule has 2 amide bonds. The van der Waals surface area contributed by atoms with Gasteiger partial charge in [-0.25, -0.2) is 0 Å². The third-order valence-electron chi connectivity index (χ3n) is 3.10. The fraction of sp³-hybridized carbons (Fsp3) is 0.467. The Morgan fingerprint density at radius 1 is 1.16 bits per heavy atom. The van der Waals surface area contributed by atoms with Crippen molar-refractivity contribution in [3.8, 4) is 0 Å². The first-order valence-corrected chi connectivity index (χ1v) is 6.62. The van der Waals surface area contributed by atoms with Crippen LogP contribution in [0, 0.1) is 6.92 Å². The number of amides is 2. The summed E-state index contributed by atoms with van der Waals surface area (Å²) >= 11 is 0. The van der Waals surface area contributed by atoms with Crippen LogP contribution in [0.3, 0.4) is 0 Å². The molecule has 0 heterocycles. The van der Waals surface area contributed by atoms with E-state index in [2.05, 4.69) is 0 Å². The van der Waals surface area contributed by atoms with Crippen molar-refractivity contribution in [2.45, 2.75) is 27.7 Å². The van der Waals surface area contributed by atoms with Gasteiger partial charge in [-0.3, -0.25) is 9.59 Å². The Bertz CT molecular complexity index is 453. The number of hydrogen-bond acceptors (Lipinski definition) is 2. The first kappa shape index (κ1) is 15.2. The van der Waals surface area contributed by atoms with Crippen LogP contribution < -0.4 is 4.90 Å². The average Bonchev–Trinajstić information content (AvgIpc) is 2.37. The zero-order valence-corrected chi connectivity index (χ0v) is 12.1. The Morgan fingerprint density at radius 3 is 2.26 bits per heavy atom. The molecule has 0 saturated carbocycles. The summed E-state index contributed by atoms with van der Waals surface area (Å²) in [6, 6.07) is 7.62. The highest BCUT2D eigenvalue weighted by atomic mass is 16.2. The number of hydrogen-bond donors (Lipinski definition) is 0. The van der Waals surface area contributed by atoms with Gasteiger partial charge in [0.25, 0.3) is 0 Å². The molecule has 4 heteroatoms. The average molecular weight is 262 g/mol. The molecule has 0 aliphatic carbocycles. The van der Waals surface area contributed by atoms with Crippen molar-refractivity contribution in [2.24, 2.45) is 0 Å². The molecule has 0 aliphatic heterocycles. The van der Waals surface area contributed by atoms with Gasteiger partial charge in [-0.05, 0) is 38.5 Å². The van der Waals surface area contributed by atoms with Gasteiger partial charge in [0.15, 0.2) is 0 Å². The van der Waals surface area contributed by atoms with E-state index in [-0.39, 0.29) is 18.4 Å². The second-order valence-electron chi connectivity index (χ2n) is 4.51. The molecular formula is C15H22N2O2. The van der Waals surface area contributed by atoms with E-state index in [0.29, 0.717) is 13.1 Å². The largest absolute Gasteiger partial charge is 0.342 e. The molecule has 0 bridgehead atoms. The van der Waals surface area contributed by atoms with Crippen LogP contribution in [0.1, 0.15) is 26.3 Å². The zero-order chi connectivity index (χ0) is 14.4. The molecule has 0 radical (unpaired) electrons. The van der Waals surface area contributed by atoms with E-state index in [4.69, 9.17) is 0 Å². The minimum Gasteiger partial charge on any atom is -0.342 e. The number of aryl methyl sites for hydroxylation is 1. The van der Waals surface area contributed by atoms with Crippen LogP contribution in [0.25, 0.3) is 0 Å². The number of carbonyl (C=O) groups excluding carboxylic acids is 2. The van der Waals surface area contributed by atoms with Crippen molar-refractivity contribution in [1.29, 1.82) is 0 Å². The third kappa shape index (κ3) is 4.09. The minimum absolute atomic E-state index is 0.0262. The quantitative estimate of drug-likeness (QED) is 0.816. The van der Waals surface area contributed by atoms with Gasteiger partial charge in [0.1, 0.15) is 6.54 Å². The Morgan fingerprint density at radius 2 is 1.79 bits per heavy atom. The summed E-state index contributed by atoms with van der Waals surface area (Å²) in [5.74, 6) is -0.146. The molecule has 0 saturated heterocycles. The third-order valence-corrected chi connectivity index (χ3v) is 3.10. The highest BCUT2D eigenvalue weighted by Gasteiger charge is 2.18. The van der Waals surface area contributed by atoms with Crippen molar-refractivity contribution in [3.63, 3.8) is 0 Å². The Labute approximate surface area is 115 Å². The molecule has 0 spiro atoms. The Hall–Kier alpha value is -1.84. The van der Waals surface area contributed by atoms with E-state index >= 15 is 0 Å². The van der Waals surface area contributed by atoms with Crippen LogP contribution in [0.15, 0.2) is 24.3 Å². The lowest BCUT2D eigenvalue weighted by Gasteiger charge is -2.25. The SMILES string of the molecule is CCN(CC)C(=O)CN(C(C)=O)c1cccc(C)c1. The summed E-state index contributed by atoms with van der Waals surface area (Å²) in [5.41, 5.74) is 1.84. The molecule has 0 atom stereocenters. The van der Waals surface area contributed by atoms with Crippen LogP contribution in [0.5, 0.6) is 0 Å². The van der Waals surface area contributed by atoms with E-state index < -0.39 is 0 Å². The van der Waals surface area contributed by atoms with Gasteiger partial charge in [-0.15, -0.1) is 0 Å². The number of likely N-dealkylation sites (N-methyl/N-ethyl adjacent to an activating group) is 1. The van der Waals surface area contributed by atoms with Gasteiger partial charge >= 0.3 is 0 Å². The fourth-order valence-electron chi connectivity index (χ4n) is 1.99. The first-order valence-electron chi connectivity index (χ1n) is 6.62. The van der Waals surface area contributed by atoms with Crippen LogP contribution in [0.2, 0.25) is 0 Å². The summed E-state index contributed by atoms with van der Waals surface area (Å²) < 4.78 is 0. The van der Waals surface area contributed by atoms with Crippen molar-refractivity contribution in [3.05, 3.63) is 29.8 Å². The van der Waals surface area contributed by atoms with Gasteiger partial charge in [0, 0.05) is 25.7 Å². The summed E-state index contributed by atoms with van der Waals surface area (Å²) in [4.78, 5) is 27.1. The maximum Gasteiger partial charge on any atom is 0.242 e. The Balaban J connectivity index is 2.91. The molecule has 104 valence electrons. The molecule has 0 aliphatic rings. The molecule has 0 fully saturated rings. The minimum atomic E-state index is -0.119. The van der Waals surface area contributed by atoms with Crippen molar-refractivity contribution in [2.75, 3.05) is 24.5 Å². The van der Waals surface area contributed by atoms with Gasteiger partial charge < -0.3 is 9.80 Å². The number of benzene rings is 1. The molecule has 0 N–H and O–H groups in total. The van der Waals surface area contributed by atoms with Crippen molar-refractivity contribution in [1.82, 2.24) is 4.90 Å². The van der Waals surface area contributed by atoms with E-state index in [0.717, 1.165) is 11.3 Å². The molecule has 1 aromatic carbocycles. The zero-order valence-electron chi connectivity index (χ0n) is 12.1. The number of nitrogens with zero attached hydrogens (tertiary/aromatic N) is 2. The smallest absolute Gasteiger partial charge is 0.242 e. The predicted octanol–water partition coefficient (Wildman–Crippen LogP) is 2.22. The molecule has 19 heavy (non-hydrogen) atoms. The summed E-state index contributed by atoms with van der Waals surface area (Å²) in [6.45, 7) is 8.74. The summed E-state index contributed by atoms with van der Waals surface area (Å²) in [6.07, 6.45) is 0. The first-order chi connectivity index (χ1) is 8.99. The van der Waals surface area contributed by atoms with Gasteiger partial charge in [0.2, 0.25) is 11.8 Å². The van der Waals surface area contributed by atoms with Gasteiger partial charge in [-0.1, -0.05) is 12.1 Å². The van der Waals surface area contributed by atoms with Gasteiger partial charge in [-0.2, -0.15) is 0 Å². The molecule has 0 unspecified atom stereocenters. The molecule has 0 aromatic heterocycles. The number of rotatable bonds is 5. The van der Waals surface area contributed by atoms with Crippen LogP contribution in [-0.2, 0) is 9.59 Å². The highest BCUT2D eigenvalue weighted by Crippen LogP contribution is 2.16. The predicted molar refractivity (Wildman–Crippen MR) is 77.1 cm³/mol. The molecular weight excluding hydrogens is 240 g/mol. The van der Waals surface area contributed by atoms with Crippen LogP contribution in [-0.4, -0.2) is 36.3 Å². The molecule has 4 nitrogen and oxygen atoms in total. The second kappa shape index (κ2) is 6.92. The molecule has 1 aromatic rings.